The Labute approximate surface area is 121 Å². The Kier molecular flexibility index (Phi) is 4.00. The van der Waals surface area contributed by atoms with Crippen molar-refractivity contribution >= 4 is 0 Å². The third-order valence-corrected chi connectivity index (χ3v) is 3.78. The molecule has 0 saturated carbocycles. The molecule has 1 N–H and O–H groups in total. The minimum Gasteiger partial charge on any atom is -0.385 e. The maximum atomic E-state index is 10.9. The van der Waals surface area contributed by atoms with Crippen molar-refractivity contribution < 1.29 is 5.11 Å². The molecule has 0 aliphatic carbocycles. The smallest absolute Gasteiger partial charge is 0.0926 e. The zero-order valence-electron chi connectivity index (χ0n) is 13.1. The van der Waals surface area contributed by atoms with Gasteiger partial charge in [-0.25, -0.2) is 0 Å². The summed E-state index contributed by atoms with van der Waals surface area (Å²) in [4.78, 5) is 0. The molecule has 108 valence electrons. The summed E-state index contributed by atoms with van der Waals surface area (Å²) in [5.41, 5.74) is 4.50. The zero-order chi connectivity index (χ0) is 14.9. The lowest BCUT2D eigenvalue weighted by molar-refractivity contribution is 0.0547. The predicted molar refractivity (Wildman–Crippen MR) is 81.8 cm³/mol. The van der Waals surface area contributed by atoms with Crippen molar-refractivity contribution in [3.63, 3.8) is 0 Å². The van der Waals surface area contributed by atoms with Gasteiger partial charge in [0.05, 0.1) is 11.3 Å². The Morgan fingerprint density at radius 2 is 1.90 bits per heavy atom. The molecular formula is C17H24N2O. The van der Waals surface area contributed by atoms with Gasteiger partial charge in [0.1, 0.15) is 0 Å². The van der Waals surface area contributed by atoms with E-state index < -0.39 is 5.60 Å². The van der Waals surface area contributed by atoms with Crippen molar-refractivity contribution in [2.45, 2.75) is 53.2 Å². The van der Waals surface area contributed by atoms with Crippen LogP contribution in [0.5, 0.6) is 0 Å². The molecule has 1 aromatic carbocycles. The first-order valence-electron chi connectivity index (χ1n) is 7.17. The van der Waals surface area contributed by atoms with Crippen LogP contribution in [0.25, 0.3) is 0 Å². The number of aryl methyl sites for hydroxylation is 4. The van der Waals surface area contributed by atoms with Crippen LogP contribution in [0.4, 0.5) is 0 Å². The van der Waals surface area contributed by atoms with E-state index in [2.05, 4.69) is 43.2 Å². The van der Waals surface area contributed by atoms with Crippen molar-refractivity contribution in [3.05, 3.63) is 52.3 Å². The molecule has 1 atom stereocenters. The van der Waals surface area contributed by atoms with E-state index in [1.54, 1.807) is 0 Å². The van der Waals surface area contributed by atoms with Gasteiger partial charge in [-0.15, -0.1) is 0 Å². The molecule has 0 aliphatic heterocycles. The lowest BCUT2D eigenvalue weighted by Gasteiger charge is -2.26. The van der Waals surface area contributed by atoms with Crippen LogP contribution in [0.3, 0.4) is 0 Å². The lowest BCUT2D eigenvalue weighted by atomic mass is 9.87. The molecule has 3 nitrogen and oxygen atoms in total. The number of hydrogen-bond donors (Lipinski definition) is 1. The molecule has 2 aromatic rings. The van der Waals surface area contributed by atoms with Gasteiger partial charge in [0.2, 0.25) is 0 Å². The van der Waals surface area contributed by atoms with Crippen molar-refractivity contribution in [2.24, 2.45) is 0 Å². The van der Waals surface area contributed by atoms with Gasteiger partial charge in [0, 0.05) is 18.7 Å². The summed E-state index contributed by atoms with van der Waals surface area (Å²) >= 11 is 0. The van der Waals surface area contributed by atoms with E-state index in [1.807, 2.05) is 25.5 Å². The first-order chi connectivity index (χ1) is 9.33. The number of benzene rings is 1. The first-order valence-corrected chi connectivity index (χ1v) is 7.17. The van der Waals surface area contributed by atoms with Gasteiger partial charge in [-0.05, 0) is 51.8 Å². The fraction of sp³-hybridized carbons (Fsp3) is 0.471. The van der Waals surface area contributed by atoms with E-state index in [0.717, 1.165) is 29.1 Å². The lowest BCUT2D eigenvalue weighted by Crippen LogP contribution is -2.27. The monoisotopic (exact) mass is 272 g/mol. The third kappa shape index (κ3) is 2.93. The highest BCUT2D eigenvalue weighted by Gasteiger charge is 2.27. The first kappa shape index (κ1) is 14.8. The van der Waals surface area contributed by atoms with Gasteiger partial charge in [-0.1, -0.05) is 23.8 Å². The normalized spacial score (nSPS) is 14.3. The van der Waals surface area contributed by atoms with Gasteiger partial charge in [-0.2, -0.15) is 5.10 Å². The summed E-state index contributed by atoms with van der Waals surface area (Å²) in [6, 6.07) is 8.29. The fourth-order valence-corrected chi connectivity index (χ4v) is 2.78. The molecule has 1 aromatic heterocycles. The van der Waals surface area contributed by atoms with Gasteiger partial charge in [0.15, 0.2) is 0 Å². The zero-order valence-corrected chi connectivity index (χ0v) is 13.1. The maximum absolute atomic E-state index is 10.9. The molecule has 0 bridgehead atoms. The van der Waals surface area contributed by atoms with Crippen LogP contribution in [-0.4, -0.2) is 14.9 Å². The SMILES string of the molecule is CCn1nc(C)cc1CC(C)(O)c1cc(C)ccc1C. The van der Waals surface area contributed by atoms with Crippen LogP contribution in [0.1, 0.15) is 41.9 Å². The topological polar surface area (TPSA) is 38.0 Å². The van der Waals surface area contributed by atoms with Crippen molar-refractivity contribution in [2.75, 3.05) is 0 Å². The average molecular weight is 272 g/mol. The van der Waals surface area contributed by atoms with Crippen LogP contribution < -0.4 is 0 Å². The standard InChI is InChI=1S/C17H24N2O/c1-6-19-15(10-14(4)18-19)11-17(5,20)16-9-12(2)7-8-13(16)3/h7-10,20H,6,11H2,1-5H3. The highest BCUT2D eigenvalue weighted by molar-refractivity contribution is 5.35. The minimum atomic E-state index is -0.879. The summed E-state index contributed by atoms with van der Waals surface area (Å²) in [5.74, 6) is 0. The van der Waals surface area contributed by atoms with Crippen LogP contribution in [-0.2, 0) is 18.6 Å². The Morgan fingerprint density at radius 1 is 1.20 bits per heavy atom. The molecule has 0 amide bonds. The van der Waals surface area contributed by atoms with E-state index in [9.17, 15) is 5.11 Å². The summed E-state index contributed by atoms with van der Waals surface area (Å²) in [6.45, 7) is 10.9. The van der Waals surface area contributed by atoms with Crippen LogP contribution in [0, 0.1) is 20.8 Å². The van der Waals surface area contributed by atoms with Crippen LogP contribution >= 0.6 is 0 Å². The number of aliphatic hydroxyl groups is 1. The van der Waals surface area contributed by atoms with E-state index in [-0.39, 0.29) is 0 Å². The van der Waals surface area contributed by atoms with E-state index in [1.165, 1.54) is 5.56 Å². The minimum absolute atomic E-state index is 0.575. The predicted octanol–water partition coefficient (Wildman–Crippen LogP) is 3.28. The largest absolute Gasteiger partial charge is 0.385 e. The Balaban J connectivity index is 2.37. The quantitative estimate of drug-likeness (QED) is 0.927. The van der Waals surface area contributed by atoms with Crippen molar-refractivity contribution in [1.82, 2.24) is 9.78 Å². The highest BCUT2D eigenvalue weighted by Crippen LogP contribution is 2.29. The second-order valence-electron chi connectivity index (χ2n) is 5.86. The molecular weight excluding hydrogens is 248 g/mol. The molecule has 20 heavy (non-hydrogen) atoms. The molecule has 0 fully saturated rings. The van der Waals surface area contributed by atoms with Gasteiger partial charge >= 0.3 is 0 Å². The second-order valence-corrected chi connectivity index (χ2v) is 5.86. The molecule has 0 saturated heterocycles. The van der Waals surface area contributed by atoms with Gasteiger partial charge in [-0.3, -0.25) is 4.68 Å². The van der Waals surface area contributed by atoms with Crippen molar-refractivity contribution in [3.8, 4) is 0 Å². The molecule has 1 unspecified atom stereocenters. The molecule has 0 aliphatic rings. The number of hydrogen-bond acceptors (Lipinski definition) is 2. The summed E-state index contributed by atoms with van der Waals surface area (Å²) in [5, 5.41) is 15.4. The van der Waals surface area contributed by atoms with E-state index >= 15 is 0 Å². The van der Waals surface area contributed by atoms with Crippen molar-refractivity contribution in [1.29, 1.82) is 0 Å². The Morgan fingerprint density at radius 3 is 2.55 bits per heavy atom. The average Bonchev–Trinajstić information content (AvgIpc) is 2.71. The number of rotatable bonds is 4. The molecule has 1 heterocycles. The van der Waals surface area contributed by atoms with Gasteiger partial charge < -0.3 is 5.11 Å². The third-order valence-electron chi connectivity index (χ3n) is 3.78. The molecule has 3 heteroatoms. The number of nitrogens with zero attached hydrogens (tertiary/aromatic N) is 2. The van der Waals surface area contributed by atoms with E-state index in [0.29, 0.717) is 6.42 Å². The van der Waals surface area contributed by atoms with E-state index in [4.69, 9.17) is 0 Å². The number of aromatic nitrogens is 2. The van der Waals surface area contributed by atoms with Crippen LogP contribution in [0.15, 0.2) is 24.3 Å². The summed E-state index contributed by atoms with van der Waals surface area (Å²) < 4.78 is 1.97. The maximum Gasteiger partial charge on any atom is 0.0926 e. The molecule has 2 rings (SSSR count). The Hall–Kier alpha value is -1.61. The van der Waals surface area contributed by atoms with Crippen LogP contribution in [0.2, 0.25) is 0 Å². The highest BCUT2D eigenvalue weighted by atomic mass is 16.3. The molecule has 0 radical (unpaired) electrons. The summed E-state index contributed by atoms with van der Waals surface area (Å²) in [7, 11) is 0. The molecule has 0 spiro atoms. The summed E-state index contributed by atoms with van der Waals surface area (Å²) in [6.07, 6.45) is 0.575. The Bertz CT molecular complexity index is 611. The van der Waals surface area contributed by atoms with Gasteiger partial charge in [0.25, 0.3) is 0 Å². The fourth-order valence-electron chi connectivity index (χ4n) is 2.78. The second kappa shape index (κ2) is 5.41.